The van der Waals surface area contributed by atoms with Crippen LogP contribution in [-0.2, 0) is 14.3 Å². The lowest BCUT2D eigenvalue weighted by Gasteiger charge is -2.33. The molecule has 0 saturated heterocycles. The molecular formula is C29H58NO4+. The summed E-state index contributed by atoms with van der Waals surface area (Å²) in [6, 6.07) is 0. The predicted molar refractivity (Wildman–Crippen MR) is 143 cm³/mol. The molecule has 0 rings (SSSR count). The van der Waals surface area contributed by atoms with Gasteiger partial charge in [-0.05, 0) is 12.8 Å². The van der Waals surface area contributed by atoms with Gasteiger partial charge >= 0.3 is 11.9 Å². The number of hydrogen-bond donors (Lipinski definition) is 1. The Balaban J connectivity index is 3.82. The van der Waals surface area contributed by atoms with Crippen molar-refractivity contribution in [3.05, 3.63) is 0 Å². The summed E-state index contributed by atoms with van der Waals surface area (Å²) in [4.78, 5) is 22.7. The number of carboxylic acid groups (broad SMARTS) is 1. The maximum Gasteiger partial charge on any atom is 0.305 e. The van der Waals surface area contributed by atoms with Gasteiger partial charge in [0.05, 0.1) is 27.1 Å². The Morgan fingerprint density at radius 2 is 1.15 bits per heavy atom. The molecule has 0 aromatic heterocycles. The largest absolute Gasteiger partial charge is 0.481 e. The number of carbonyl (C=O) groups excluding carboxylic acids is 1. The first-order chi connectivity index (χ1) is 16.3. The Bertz CT molecular complexity index is 493. The Hall–Kier alpha value is -1.10. The van der Waals surface area contributed by atoms with Gasteiger partial charge in [0.1, 0.15) is 6.54 Å². The summed E-state index contributed by atoms with van der Waals surface area (Å²) < 4.78 is 6.40. The number of likely N-dealkylation sites (N-methyl/N-ethyl adjacent to an activating group) is 1. The molecule has 1 N–H and O–H groups in total. The first-order valence-electron chi connectivity index (χ1n) is 14.5. The number of esters is 1. The van der Waals surface area contributed by atoms with E-state index >= 15 is 0 Å². The van der Waals surface area contributed by atoms with Gasteiger partial charge < -0.3 is 14.3 Å². The van der Waals surface area contributed by atoms with Crippen molar-refractivity contribution >= 4 is 11.9 Å². The number of carboxylic acids is 1. The van der Waals surface area contributed by atoms with Crippen molar-refractivity contribution < 1.29 is 23.9 Å². The van der Waals surface area contributed by atoms with Crippen LogP contribution in [0.4, 0.5) is 0 Å². The first kappa shape index (κ1) is 32.9. The van der Waals surface area contributed by atoms with E-state index in [1.807, 2.05) is 6.92 Å². The van der Waals surface area contributed by atoms with E-state index < -0.39 is 5.97 Å². The Morgan fingerprint density at radius 1 is 0.706 bits per heavy atom. The molecule has 0 spiro atoms. The quantitative estimate of drug-likeness (QED) is 0.0812. The zero-order valence-corrected chi connectivity index (χ0v) is 23.3. The van der Waals surface area contributed by atoms with Gasteiger partial charge in [-0.25, -0.2) is 0 Å². The van der Waals surface area contributed by atoms with E-state index in [4.69, 9.17) is 9.84 Å². The van der Waals surface area contributed by atoms with Gasteiger partial charge in [-0.15, -0.1) is 0 Å². The van der Waals surface area contributed by atoms with E-state index in [2.05, 4.69) is 21.0 Å². The smallest absolute Gasteiger partial charge is 0.305 e. The molecule has 0 heterocycles. The van der Waals surface area contributed by atoms with Crippen molar-refractivity contribution in [2.24, 2.45) is 0 Å². The fourth-order valence-corrected chi connectivity index (χ4v) is 4.68. The summed E-state index contributed by atoms with van der Waals surface area (Å²) in [7, 11) is 4.20. The molecule has 0 radical (unpaired) electrons. The zero-order valence-electron chi connectivity index (χ0n) is 23.3. The van der Waals surface area contributed by atoms with E-state index in [1.54, 1.807) is 0 Å². The Labute approximate surface area is 211 Å². The summed E-state index contributed by atoms with van der Waals surface area (Å²) in [5.74, 6) is -0.880. The number of hydrogen-bond acceptors (Lipinski definition) is 3. The van der Waals surface area contributed by atoms with E-state index in [0.717, 1.165) is 25.9 Å². The number of quaternary nitrogens is 1. The summed E-state index contributed by atoms with van der Waals surface area (Å²) in [5.41, 5.74) is 0. The molecule has 0 aromatic carbocycles. The van der Waals surface area contributed by atoms with Crippen LogP contribution in [0.2, 0.25) is 0 Å². The second-order valence-electron chi connectivity index (χ2n) is 10.9. The monoisotopic (exact) mass is 484 g/mol. The van der Waals surface area contributed by atoms with Gasteiger partial charge in [0.25, 0.3) is 0 Å². The third kappa shape index (κ3) is 22.7. The lowest BCUT2D eigenvalue weighted by molar-refractivity contribution is -0.893. The highest BCUT2D eigenvalue weighted by molar-refractivity contribution is 5.69. The van der Waals surface area contributed by atoms with Crippen LogP contribution in [-0.4, -0.2) is 54.8 Å². The molecule has 202 valence electrons. The third-order valence-electron chi connectivity index (χ3n) is 6.82. The van der Waals surface area contributed by atoms with Crippen molar-refractivity contribution in [1.82, 2.24) is 0 Å². The van der Waals surface area contributed by atoms with E-state index in [1.165, 1.54) is 96.3 Å². The summed E-state index contributed by atoms with van der Waals surface area (Å²) in [6.07, 6.45) is 23.8. The number of aliphatic carboxylic acids is 1. The average Bonchev–Trinajstić information content (AvgIpc) is 2.77. The Morgan fingerprint density at radius 3 is 1.56 bits per heavy atom. The van der Waals surface area contributed by atoms with E-state index in [9.17, 15) is 9.59 Å². The highest BCUT2D eigenvalue weighted by Gasteiger charge is 2.24. The summed E-state index contributed by atoms with van der Waals surface area (Å²) >= 11 is 0. The number of unbranched alkanes of at least 4 members (excludes halogenated alkanes) is 15. The molecule has 0 amide bonds. The molecule has 0 fully saturated rings. The number of carbonyl (C=O) groups is 2. The van der Waals surface area contributed by atoms with E-state index in [-0.39, 0.29) is 18.5 Å². The second kappa shape index (κ2) is 22.4. The van der Waals surface area contributed by atoms with Gasteiger partial charge in [0.2, 0.25) is 0 Å². The molecular weight excluding hydrogens is 426 g/mol. The van der Waals surface area contributed by atoms with Gasteiger partial charge in [-0.2, -0.15) is 0 Å². The zero-order chi connectivity index (χ0) is 25.5. The lowest BCUT2D eigenvalue weighted by atomic mass is 10.0. The van der Waals surface area contributed by atoms with Crippen LogP contribution >= 0.6 is 0 Å². The van der Waals surface area contributed by atoms with Crippen LogP contribution in [0.25, 0.3) is 0 Å². The molecule has 1 atom stereocenters. The summed E-state index contributed by atoms with van der Waals surface area (Å²) in [6.45, 7) is 5.65. The SMILES string of the molecule is CCCCCCCCCCCCCCCCCCC(C[N+](C)(C)CCCC(=O)O)OC(=O)CC. The minimum absolute atomic E-state index is 0.0704. The first-order valence-corrected chi connectivity index (χ1v) is 14.5. The van der Waals surface area contributed by atoms with Crippen molar-refractivity contribution in [2.75, 3.05) is 27.2 Å². The van der Waals surface area contributed by atoms with Crippen LogP contribution < -0.4 is 0 Å². The number of nitrogens with zero attached hydrogens (tertiary/aromatic N) is 1. The molecule has 0 aliphatic heterocycles. The molecule has 5 heteroatoms. The van der Waals surface area contributed by atoms with Crippen LogP contribution in [0, 0.1) is 0 Å². The topological polar surface area (TPSA) is 63.6 Å². The van der Waals surface area contributed by atoms with Crippen molar-refractivity contribution in [2.45, 2.75) is 148 Å². The van der Waals surface area contributed by atoms with Crippen molar-refractivity contribution in [3.63, 3.8) is 0 Å². The van der Waals surface area contributed by atoms with Crippen molar-refractivity contribution in [3.8, 4) is 0 Å². The van der Waals surface area contributed by atoms with Crippen LogP contribution in [0.1, 0.15) is 142 Å². The maximum atomic E-state index is 11.9. The third-order valence-corrected chi connectivity index (χ3v) is 6.82. The fraction of sp³-hybridized carbons (Fsp3) is 0.931. The lowest BCUT2D eigenvalue weighted by Crippen LogP contribution is -2.47. The molecule has 0 saturated carbocycles. The molecule has 0 bridgehead atoms. The Kier molecular flexibility index (Phi) is 21.6. The summed E-state index contributed by atoms with van der Waals surface area (Å²) in [5, 5.41) is 8.88. The van der Waals surface area contributed by atoms with Gasteiger partial charge in [0, 0.05) is 12.8 Å². The minimum atomic E-state index is -0.748. The van der Waals surface area contributed by atoms with Crippen LogP contribution in [0.3, 0.4) is 0 Å². The highest BCUT2D eigenvalue weighted by atomic mass is 16.5. The van der Waals surface area contributed by atoms with Crippen LogP contribution in [0.5, 0.6) is 0 Å². The molecule has 0 aliphatic rings. The molecule has 34 heavy (non-hydrogen) atoms. The number of rotatable bonds is 25. The normalized spacial score (nSPS) is 12.6. The van der Waals surface area contributed by atoms with E-state index in [0.29, 0.717) is 17.3 Å². The molecule has 0 aliphatic carbocycles. The second-order valence-corrected chi connectivity index (χ2v) is 10.9. The van der Waals surface area contributed by atoms with Gasteiger partial charge in [-0.1, -0.05) is 110 Å². The molecule has 1 unspecified atom stereocenters. The standard InChI is InChI=1S/C29H57NO4/c1-5-7-8-9-10-11-12-13-14-15-16-17-18-19-20-21-23-27(34-29(33)6-2)26-30(3,4)25-22-24-28(31)32/h27H,5-26H2,1-4H3/p+1. The van der Waals surface area contributed by atoms with Gasteiger partial charge in [-0.3, -0.25) is 9.59 Å². The van der Waals surface area contributed by atoms with Crippen LogP contribution in [0.15, 0.2) is 0 Å². The molecule has 0 aromatic rings. The van der Waals surface area contributed by atoms with Gasteiger partial charge in [0.15, 0.2) is 6.10 Å². The number of ether oxygens (including phenoxy) is 1. The minimum Gasteiger partial charge on any atom is -0.481 e. The highest BCUT2D eigenvalue weighted by Crippen LogP contribution is 2.16. The van der Waals surface area contributed by atoms with Crippen molar-refractivity contribution in [1.29, 1.82) is 0 Å². The predicted octanol–water partition coefficient (Wildman–Crippen LogP) is 7.90. The molecule has 5 nitrogen and oxygen atoms in total. The average molecular weight is 485 g/mol. The maximum absolute atomic E-state index is 11.9. The fourth-order valence-electron chi connectivity index (χ4n) is 4.68.